The van der Waals surface area contributed by atoms with Crippen LogP contribution in [-0.2, 0) is 0 Å². The number of phenols is 2. The Bertz CT molecular complexity index is 706. The molecule has 0 heterocycles. The molecule has 0 aliphatic carbocycles. The molecule has 30 heavy (non-hydrogen) atoms. The van der Waals surface area contributed by atoms with Gasteiger partial charge in [-0.25, -0.2) is 0 Å². The Morgan fingerprint density at radius 1 is 0.500 bits per heavy atom. The molecule has 2 rings (SSSR count). The fourth-order valence-electron chi connectivity index (χ4n) is 3.34. The molecule has 0 atom stereocenters. The lowest BCUT2D eigenvalue weighted by Crippen LogP contribution is -1.88. The van der Waals surface area contributed by atoms with Crippen molar-refractivity contribution in [2.75, 3.05) is 13.1 Å². The highest BCUT2D eigenvalue weighted by molar-refractivity contribution is 5.83. The Morgan fingerprint density at radius 3 is 1.20 bits per heavy atom. The predicted molar refractivity (Wildman–Crippen MR) is 127 cm³/mol. The van der Waals surface area contributed by atoms with E-state index < -0.39 is 0 Å². The molecule has 0 bridgehead atoms. The van der Waals surface area contributed by atoms with E-state index in [0.29, 0.717) is 11.5 Å². The van der Waals surface area contributed by atoms with Gasteiger partial charge < -0.3 is 10.2 Å². The van der Waals surface area contributed by atoms with Gasteiger partial charge in [0.2, 0.25) is 0 Å². The molecule has 0 spiro atoms. The standard InChI is InChI=1S/C26H36N2O2/c29-25-17-11-9-15-23(25)21-27-19-13-7-5-3-1-2-4-6-8-14-20-28-22-24-16-10-12-18-26(24)30/h9-12,15-18,21-22,29-30H,1-8,13-14,19-20H2. The fourth-order valence-corrected chi connectivity index (χ4v) is 3.34. The van der Waals surface area contributed by atoms with Crippen LogP contribution in [0.3, 0.4) is 0 Å². The maximum atomic E-state index is 9.67. The number of aliphatic imine (C=N–C) groups is 2. The summed E-state index contributed by atoms with van der Waals surface area (Å²) in [5.74, 6) is 0.586. The third kappa shape index (κ3) is 10.2. The highest BCUT2D eigenvalue weighted by Gasteiger charge is 1.96. The van der Waals surface area contributed by atoms with E-state index in [2.05, 4.69) is 9.98 Å². The number of phenolic OH excluding ortho intramolecular Hbond substituents is 2. The Balaban J connectivity index is 1.35. The van der Waals surface area contributed by atoms with E-state index in [9.17, 15) is 10.2 Å². The molecule has 0 saturated heterocycles. The number of rotatable bonds is 15. The number of benzene rings is 2. The maximum absolute atomic E-state index is 9.67. The van der Waals surface area contributed by atoms with Crippen molar-refractivity contribution < 1.29 is 10.2 Å². The Kier molecular flexibility index (Phi) is 12.0. The third-order valence-corrected chi connectivity index (χ3v) is 5.16. The number of unbranched alkanes of at least 4 members (excludes halogenated alkanes) is 9. The number of nitrogens with zero attached hydrogens (tertiary/aromatic N) is 2. The van der Waals surface area contributed by atoms with E-state index >= 15 is 0 Å². The van der Waals surface area contributed by atoms with E-state index in [4.69, 9.17) is 0 Å². The van der Waals surface area contributed by atoms with Gasteiger partial charge in [-0.15, -0.1) is 0 Å². The normalized spacial score (nSPS) is 11.6. The second-order valence-corrected chi connectivity index (χ2v) is 7.72. The van der Waals surface area contributed by atoms with Gasteiger partial charge in [0.25, 0.3) is 0 Å². The molecule has 0 amide bonds. The van der Waals surface area contributed by atoms with Crippen LogP contribution in [0.5, 0.6) is 11.5 Å². The van der Waals surface area contributed by atoms with E-state index in [0.717, 1.165) is 37.1 Å². The second-order valence-electron chi connectivity index (χ2n) is 7.72. The van der Waals surface area contributed by atoms with E-state index in [1.54, 1.807) is 24.6 Å². The zero-order valence-electron chi connectivity index (χ0n) is 18.0. The van der Waals surface area contributed by atoms with Crippen molar-refractivity contribution in [3.8, 4) is 11.5 Å². The first-order valence-corrected chi connectivity index (χ1v) is 11.3. The van der Waals surface area contributed by atoms with Gasteiger partial charge in [0.15, 0.2) is 0 Å². The van der Waals surface area contributed by atoms with Crippen LogP contribution in [0, 0.1) is 0 Å². The van der Waals surface area contributed by atoms with Crippen molar-refractivity contribution in [1.82, 2.24) is 0 Å². The lowest BCUT2D eigenvalue weighted by Gasteiger charge is -2.02. The molecule has 0 unspecified atom stereocenters. The molecule has 0 aliphatic heterocycles. The number of hydrogen-bond donors (Lipinski definition) is 2. The van der Waals surface area contributed by atoms with Gasteiger partial charge in [0.1, 0.15) is 11.5 Å². The van der Waals surface area contributed by atoms with Crippen molar-refractivity contribution in [1.29, 1.82) is 0 Å². The van der Waals surface area contributed by atoms with Crippen LogP contribution in [0.4, 0.5) is 0 Å². The summed E-state index contributed by atoms with van der Waals surface area (Å²) in [6.45, 7) is 1.67. The summed E-state index contributed by atoms with van der Waals surface area (Å²) in [6.07, 6.45) is 16.1. The van der Waals surface area contributed by atoms with Crippen molar-refractivity contribution in [2.45, 2.75) is 64.2 Å². The minimum Gasteiger partial charge on any atom is -0.507 e. The molecule has 4 nitrogen and oxygen atoms in total. The minimum absolute atomic E-state index is 0.293. The first kappa shape index (κ1) is 23.7. The van der Waals surface area contributed by atoms with Crippen LogP contribution in [0.2, 0.25) is 0 Å². The van der Waals surface area contributed by atoms with Crippen LogP contribution in [0.15, 0.2) is 58.5 Å². The quantitative estimate of drug-likeness (QED) is 0.260. The summed E-state index contributed by atoms with van der Waals surface area (Å²) in [5, 5.41) is 19.3. The highest BCUT2D eigenvalue weighted by Crippen LogP contribution is 2.14. The first-order chi connectivity index (χ1) is 14.8. The molecule has 2 aromatic carbocycles. The molecule has 4 heteroatoms. The summed E-state index contributed by atoms with van der Waals surface area (Å²) in [7, 11) is 0. The van der Waals surface area contributed by atoms with E-state index in [-0.39, 0.29) is 0 Å². The molecule has 0 aliphatic rings. The Morgan fingerprint density at radius 2 is 0.833 bits per heavy atom. The van der Waals surface area contributed by atoms with Crippen LogP contribution in [-0.4, -0.2) is 35.7 Å². The summed E-state index contributed by atoms with van der Waals surface area (Å²) in [4.78, 5) is 8.81. The van der Waals surface area contributed by atoms with Crippen molar-refractivity contribution in [2.24, 2.45) is 9.98 Å². The average molecular weight is 409 g/mol. The smallest absolute Gasteiger partial charge is 0.124 e. The molecule has 0 fully saturated rings. The molecule has 0 aromatic heterocycles. The van der Waals surface area contributed by atoms with Gasteiger partial charge in [-0.2, -0.15) is 0 Å². The second kappa shape index (κ2) is 15.3. The molecule has 0 saturated carbocycles. The summed E-state index contributed by atoms with van der Waals surface area (Å²) >= 11 is 0. The van der Waals surface area contributed by atoms with Gasteiger partial charge in [-0.1, -0.05) is 75.6 Å². The minimum atomic E-state index is 0.293. The Labute approximate surface area is 181 Å². The molecule has 0 radical (unpaired) electrons. The van der Waals surface area contributed by atoms with Crippen LogP contribution >= 0.6 is 0 Å². The van der Waals surface area contributed by atoms with E-state index in [1.165, 1.54) is 51.4 Å². The lowest BCUT2D eigenvalue weighted by molar-refractivity contribution is 0.474. The van der Waals surface area contributed by atoms with E-state index in [1.807, 2.05) is 36.4 Å². The zero-order chi connectivity index (χ0) is 21.3. The van der Waals surface area contributed by atoms with Crippen LogP contribution in [0.1, 0.15) is 75.3 Å². The van der Waals surface area contributed by atoms with Gasteiger partial charge in [0.05, 0.1) is 0 Å². The number of para-hydroxylation sites is 2. The number of aromatic hydroxyl groups is 2. The van der Waals surface area contributed by atoms with Crippen LogP contribution in [0.25, 0.3) is 0 Å². The predicted octanol–water partition coefficient (Wildman–Crippen LogP) is 6.54. The average Bonchev–Trinajstić information content (AvgIpc) is 2.76. The first-order valence-electron chi connectivity index (χ1n) is 11.3. The zero-order valence-corrected chi connectivity index (χ0v) is 18.0. The van der Waals surface area contributed by atoms with Gasteiger partial charge in [0, 0.05) is 36.6 Å². The largest absolute Gasteiger partial charge is 0.507 e. The monoisotopic (exact) mass is 408 g/mol. The fraction of sp³-hybridized carbons (Fsp3) is 0.462. The van der Waals surface area contributed by atoms with Crippen molar-refractivity contribution in [3.05, 3.63) is 59.7 Å². The topological polar surface area (TPSA) is 65.2 Å². The molecular formula is C26H36N2O2. The lowest BCUT2D eigenvalue weighted by atomic mass is 10.1. The molecule has 162 valence electrons. The summed E-state index contributed by atoms with van der Waals surface area (Å²) in [6, 6.07) is 14.6. The highest BCUT2D eigenvalue weighted by atomic mass is 16.3. The Hall–Kier alpha value is -2.62. The van der Waals surface area contributed by atoms with Gasteiger partial charge >= 0.3 is 0 Å². The SMILES string of the molecule is Oc1ccccc1C=NCCCCCCCCCCCCN=Cc1ccccc1O. The maximum Gasteiger partial charge on any atom is 0.124 e. The van der Waals surface area contributed by atoms with Crippen molar-refractivity contribution >= 4 is 12.4 Å². The number of hydrogen-bond acceptors (Lipinski definition) is 4. The molecule has 2 aromatic rings. The molecule has 2 N–H and O–H groups in total. The molecular weight excluding hydrogens is 372 g/mol. The van der Waals surface area contributed by atoms with Gasteiger partial charge in [-0.3, -0.25) is 9.98 Å². The third-order valence-electron chi connectivity index (χ3n) is 5.16. The van der Waals surface area contributed by atoms with Crippen molar-refractivity contribution in [3.63, 3.8) is 0 Å². The van der Waals surface area contributed by atoms with Crippen LogP contribution < -0.4 is 0 Å². The van der Waals surface area contributed by atoms with Gasteiger partial charge in [-0.05, 0) is 37.1 Å². The summed E-state index contributed by atoms with van der Waals surface area (Å²) in [5.41, 5.74) is 1.58. The summed E-state index contributed by atoms with van der Waals surface area (Å²) < 4.78 is 0.